The van der Waals surface area contributed by atoms with Gasteiger partial charge in [0.2, 0.25) is 0 Å². The first-order chi connectivity index (χ1) is 6.79. The highest BCUT2D eigenvalue weighted by Crippen LogP contribution is 2.13. The smallest absolute Gasteiger partial charge is 0.415 e. The number of hydrogen-bond acceptors (Lipinski definition) is 3. The van der Waals surface area contributed by atoms with E-state index in [-0.39, 0.29) is 6.73 Å². The molecule has 14 heavy (non-hydrogen) atoms. The van der Waals surface area contributed by atoms with Crippen molar-refractivity contribution in [2.75, 3.05) is 25.9 Å². The van der Waals surface area contributed by atoms with Crippen LogP contribution in [0.1, 0.15) is 0 Å². The number of amides is 1. The minimum Gasteiger partial charge on any atom is -0.452 e. The van der Waals surface area contributed by atoms with Crippen LogP contribution in [-0.2, 0) is 9.47 Å². The van der Waals surface area contributed by atoms with Gasteiger partial charge < -0.3 is 9.47 Å². The third-order valence-electron chi connectivity index (χ3n) is 1.72. The van der Waals surface area contributed by atoms with Gasteiger partial charge in [-0.3, -0.25) is 4.90 Å². The normalized spacial score (nSPS) is 9.57. The van der Waals surface area contributed by atoms with Crippen LogP contribution in [0.25, 0.3) is 0 Å². The van der Waals surface area contributed by atoms with Gasteiger partial charge >= 0.3 is 6.09 Å². The van der Waals surface area contributed by atoms with E-state index >= 15 is 0 Å². The number of para-hydroxylation sites is 1. The molecule has 0 aliphatic heterocycles. The second-order valence-electron chi connectivity index (χ2n) is 2.65. The third kappa shape index (κ3) is 2.47. The SMILES string of the molecule is COCN(C(=O)OC)c1ccccc1. The summed E-state index contributed by atoms with van der Waals surface area (Å²) in [6.07, 6.45) is -0.432. The van der Waals surface area contributed by atoms with E-state index < -0.39 is 6.09 Å². The Morgan fingerprint density at radius 2 is 1.93 bits per heavy atom. The van der Waals surface area contributed by atoms with E-state index in [0.29, 0.717) is 0 Å². The number of ether oxygens (including phenoxy) is 2. The summed E-state index contributed by atoms with van der Waals surface area (Å²) in [5.74, 6) is 0. The van der Waals surface area contributed by atoms with Crippen molar-refractivity contribution in [2.45, 2.75) is 0 Å². The lowest BCUT2D eigenvalue weighted by atomic mass is 10.3. The standard InChI is InChI=1S/C10H13NO3/c1-13-8-11(10(12)14-2)9-6-4-3-5-7-9/h3-7H,8H2,1-2H3. The van der Waals surface area contributed by atoms with E-state index in [9.17, 15) is 4.79 Å². The van der Waals surface area contributed by atoms with E-state index in [1.54, 1.807) is 0 Å². The van der Waals surface area contributed by atoms with Crippen LogP contribution in [-0.4, -0.2) is 27.0 Å². The van der Waals surface area contributed by atoms with Crippen LogP contribution in [0.15, 0.2) is 30.3 Å². The van der Waals surface area contributed by atoms with Gasteiger partial charge in [-0.25, -0.2) is 4.79 Å². The minimum atomic E-state index is -0.432. The molecule has 1 aromatic carbocycles. The van der Waals surface area contributed by atoms with Crippen molar-refractivity contribution in [3.8, 4) is 0 Å². The average Bonchev–Trinajstić information content (AvgIpc) is 2.26. The number of carbonyl (C=O) groups excluding carboxylic acids is 1. The Labute approximate surface area is 83.0 Å². The molecule has 0 heterocycles. The number of nitrogens with zero attached hydrogens (tertiary/aromatic N) is 1. The van der Waals surface area contributed by atoms with E-state index in [0.717, 1.165) is 5.69 Å². The van der Waals surface area contributed by atoms with Gasteiger partial charge in [0.1, 0.15) is 6.73 Å². The van der Waals surface area contributed by atoms with E-state index in [1.807, 2.05) is 30.3 Å². The lowest BCUT2D eigenvalue weighted by molar-refractivity contribution is 0.153. The number of methoxy groups -OCH3 is 2. The van der Waals surface area contributed by atoms with Crippen molar-refractivity contribution in [1.82, 2.24) is 0 Å². The number of carbonyl (C=O) groups is 1. The molecule has 0 aromatic heterocycles. The zero-order valence-electron chi connectivity index (χ0n) is 8.27. The zero-order chi connectivity index (χ0) is 10.4. The molecule has 0 saturated carbocycles. The molecule has 1 aromatic rings. The fourth-order valence-corrected chi connectivity index (χ4v) is 1.08. The summed E-state index contributed by atoms with van der Waals surface area (Å²) in [7, 11) is 2.87. The first-order valence-corrected chi connectivity index (χ1v) is 4.19. The van der Waals surface area contributed by atoms with E-state index in [4.69, 9.17) is 4.74 Å². The fourth-order valence-electron chi connectivity index (χ4n) is 1.08. The topological polar surface area (TPSA) is 38.8 Å². The number of benzene rings is 1. The maximum absolute atomic E-state index is 11.3. The first-order valence-electron chi connectivity index (χ1n) is 4.19. The highest BCUT2D eigenvalue weighted by atomic mass is 16.6. The van der Waals surface area contributed by atoms with Gasteiger partial charge in [-0.2, -0.15) is 0 Å². The van der Waals surface area contributed by atoms with Gasteiger partial charge in [-0.1, -0.05) is 18.2 Å². The highest BCUT2D eigenvalue weighted by Gasteiger charge is 2.14. The van der Waals surface area contributed by atoms with Crippen molar-refractivity contribution in [1.29, 1.82) is 0 Å². The largest absolute Gasteiger partial charge is 0.452 e. The van der Waals surface area contributed by atoms with Gasteiger partial charge in [0.15, 0.2) is 0 Å². The quantitative estimate of drug-likeness (QED) is 0.691. The van der Waals surface area contributed by atoms with Crippen LogP contribution >= 0.6 is 0 Å². The number of hydrogen-bond donors (Lipinski definition) is 0. The summed E-state index contributed by atoms with van der Waals surface area (Å²) in [6, 6.07) is 9.21. The Bertz CT molecular complexity index is 287. The van der Waals surface area contributed by atoms with Gasteiger partial charge in [-0.15, -0.1) is 0 Å². The molecular weight excluding hydrogens is 182 g/mol. The molecule has 1 amide bonds. The second-order valence-corrected chi connectivity index (χ2v) is 2.65. The molecule has 4 heteroatoms. The molecule has 0 fully saturated rings. The average molecular weight is 195 g/mol. The molecule has 0 unspecified atom stereocenters. The van der Waals surface area contributed by atoms with Gasteiger partial charge in [0, 0.05) is 12.8 Å². The van der Waals surface area contributed by atoms with Crippen molar-refractivity contribution in [3.05, 3.63) is 30.3 Å². The summed E-state index contributed by atoms with van der Waals surface area (Å²) in [4.78, 5) is 12.7. The molecule has 0 N–H and O–H groups in total. The van der Waals surface area contributed by atoms with Crippen LogP contribution in [0.2, 0.25) is 0 Å². The predicted octanol–water partition coefficient (Wildman–Crippen LogP) is 1.86. The molecule has 0 saturated heterocycles. The predicted molar refractivity (Wildman–Crippen MR) is 53.2 cm³/mol. The Kier molecular flexibility index (Phi) is 3.94. The molecule has 0 bridgehead atoms. The van der Waals surface area contributed by atoms with Gasteiger partial charge in [-0.05, 0) is 12.1 Å². The molecule has 0 aliphatic carbocycles. The summed E-state index contributed by atoms with van der Waals surface area (Å²) >= 11 is 0. The van der Waals surface area contributed by atoms with Crippen molar-refractivity contribution < 1.29 is 14.3 Å². The summed E-state index contributed by atoms with van der Waals surface area (Å²) in [5.41, 5.74) is 0.751. The fraction of sp³-hybridized carbons (Fsp3) is 0.300. The third-order valence-corrected chi connectivity index (χ3v) is 1.72. The monoisotopic (exact) mass is 195 g/mol. The number of rotatable bonds is 3. The lowest BCUT2D eigenvalue weighted by Gasteiger charge is -2.19. The van der Waals surface area contributed by atoms with Crippen LogP contribution < -0.4 is 4.90 Å². The molecule has 4 nitrogen and oxygen atoms in total. The van der Waals surface area contributed by atoms with Crippen molar-refractivity contribution >= 4 is 11.8 Å². The van der Waals surface area contributed by atoms with Gasteiger partial charge in [0.05, 0.1) is 7.11 Å². The highest BCUT2D eigenvalue weighted by molar-refractivity contribution is 5.87. The Hall–Kier alpha value is -1.55. The lowest BCUT2D eigenvalue weighted by Crippen LogP contribution is -2.32. The summed E-state index contributed by atoms with van der Waals surface area (Å²) in [5, 5.41) is 0. The maximum Gasteiger partial charge on any atom is 0.415 e. The Morgan fingerprint density at radius 3 is 2.43 bits per heavy atom. The minimum absolute atomic E-state index is 0.177. The number of anilines is 1. The summed E-state index contributed by atoms with van der Waals surface area (Å²) in [6.45, 7) is 0.177. The Balaban J connectivity index is 2.83. The van der Waals surface area contributed by atoms with E-state index in [1.165, 1.54) is 19.1 Å². The molecule has 0 aliphatic rings. The Morgan fingerprint density at radius 1 is 1.29 bits per heavy atom. The van der Waals surface area contributed by atoms with Crippen LogP contribution in [0.4, 0.5) is 10.5 Å². The maximum atomic E-state index is 11.3. The molecule has 0 radical (unpaired) electrons. The molecular formula is C10H13NO3. The van der Waals surface area contributed by atoms with Gasteiger partial charge in [0.25, 0.3) is 0 Å². The molecule has 1 rings (SSSR count). The molecule has 0 spiro atoms. The molecule has 76 valence electrons. The summed E-state index contributed by atoms with van der Waals surface area (Å²) < 4.78 is 9.53. The van der Waals surface area contributed by atoms with Crippen molar-refractivity contribution in [2.24, 2.45) is 0 Å². The van der Waals surface area contributed by atoms with Crippen molar-refractivity contribution in [3.63, 3.8) is 0 Å². The molecule has 0 atom stereocenters. The first kappa shape index (κ1) is 10.5. The second kappa shape index (κ2) is 5.24. The van der Waals surface area contributed by atoms with Crippen LogP contribution in [0.3, 0.4) is 0 Å². The van der Waals surface area contributed by atoms with Crippen LogP contribution in [0, 0.1) is 0 Å². The zero-order valence-corrected chi connectivity index (χ0v) is 8.27. The van der Waals surface area contributed by atoms with Crippen LogP contribution in [0.5, 0.6) is 0 Å². The van der Waals surface area contributed by atoms with E-state index in [2.05, 4.69) is 4.74 Å².